The van der Waals surface area contributed by atoms with Crippen molar-refractivity contribution in [2.45, 2.75) is 25.8 Å². The van der Waals surface area contributed by atoms with Crippen molar-refractivity contribution in [3.8, 4) is 5.75 Å². The molecule has 0 amide bonds. The van der Waals surface area contributed by atoms with Gasteiger partial charge in [0.1, 0.15) is 0 Å². The molecule has 1 atom stereocenters. The predicted molar refractivity (Wildman–Crippen MR) is 79.4 cm³/mol. The normalized spacial score (nSPS) is 20.5. The highest BCUT2D eigenvalue weighted by atomic mass is 79.9. The molecule has 2 rings (SSSR count). The molecule has 19 heavy (non-hydrogen) atoms. The van der Waals surface area contributed by atoms with Crippen LogP contribution in [0.2, 0.25) is 0 Å². The van der Waals surface area contributed by atoms with Crippen molar-refractivity contribution >= 4 is 15.9 Å². The number of halogens is 2. The maximum Gasteiger partial charge on any atom is 0.165 e. The predicted octanol–water partition coefficient (Wildman–Crippen LogP) is 3.83. The smallest absolute Gasteiger partial charge is 0.165 e. The van der Waals surface area contributed by atoms with Crippen molar-refractivity contribution in [2.24, 2.45) is 5.92 Å². The van der Waals surface area contributed by atoms with Crippen LogP contribution in [0.3, 0.4) is 0 Å². The largest absolute Gasteiger partial charge is 0.494 e. The second-order valence-corrected chi connectivity index (χ2v) is 5.98. The third-order valence-electron chi connectivity index (χ3n) is 3.74. The average molecular weight is 330 g/mol. The van der Waals surface area contributed by atoms with Gasteiger partial charge in [-0.25, -0.2) is 4.39 Å². The zero-order valence-electron chi connectivity index (χ0n) is 11.4. The zero-order chi connectivity index (χ0) is 13.7. The summed E-state index contributed by atoms with van der Waals surface area (Å²) in [6.07, 6.45) is 3.79. The molecule has 1 aromatic carbocycles. The van der Waals surface area contributed by atoms with Crippen molar-refractivity contribution in [1.29, 1.82) is 0 Å². The van der Waals surface area contributed by atoms with Gasteiger partial charge < -0.3 is 4.74 Å². The molecule has 0 aromatic heterocycles. The molecule has 0 bridgehead atoms. The molecule has 1 unspecified atom stereocenters. The summed E-state index contributed by atoms with van der Waals surface area (Å²) < 4.78 is 18.6. The molecule has 1 fully saturated rings. The molecule has 0 aliphatic carbocycles. The van der Waals surface area contributed by atoms with Gasteiger partial charge in [0.15, 0.2) is 11.6 Å². The molecular weight excluding hydrogens is 309 g/mol. The Balaban J connectivity index is 1.94. The van der Waals surface area contributed by atoms with Gasteiger partial charge in [-0.3, -0.25) is 4.90 Å². The summed E-state index contributed by atoms with van der Waals surface area (Å²) in [6.45, 7) is 3.07. The van der Waals surface area contributed by atoms with Gasteiger partial charge in [-0.15, -0.1) is 0 Å². The van der Waals surface area contributed by atoms with Crippen LogP contribution in [0.4, 0.5) is 4.39 Å². The lowest BCUT2D eigenvalue weighted by atomic mass is 9.95. The monoisotopic (exact) mass is 329 g/mol. The molecule has 106 valence electrons. The van der Waals surface area contributed by atoms with Crippen LogP contribution in [-0.4, -0.2) is 30.4 Å². The number of nitrogens with zero attached hydrogens (tertiary/aromatic N) is 1. The van der Waals surface area contributed by atoms with Gasteiger partial charge in [-0.05, 0) is 49.4 Å². The summed E-state index contributed by atoms with van der Waals surface area (Å²) in [7, 11) is 1.49. The van der Waals surface area contributed by atoms with Crippen LogP contribution in [0.25, 0.3) is 0 Å². The molecule has 1 aliphatic heterocycles. The Kier molecular flexibility index (Phi) is 5.64. The van der Waals surface area contributed by atoms with Gasteiger partial charge in [0, 0.05) is 18.4 Å². The number of methoxy groups -OCH3 is 1. The molecule has 1 saturated heterocycles. The summed E-state index contributed by atoms with van der Waals surface area (Å²) in [6, 6.07) is 5.26. The number of hydrogen-bond donors (Lipinski definition) is 0. The number of rotatable bonds is 5. The first-order chi connectivity index (χ1) is 9.22. The highest BCUT2D eigenvalue weighted by Gasteiger charge is 2.19. The zero-order valence-corrected chi connectivity index (χ0v) is 13.0. The summed E-state index contributed by atoms with van der Waals surface area (Å²) in [5, 5.41) is 1.07. The second kappa shape index (κ2) is 7.25. The lowest BCUT2D eigenvalue weighted by molar-refractivity contribution is 0.165. The maximum absolute atomic E-state index is 13.7. The van der Waals surface area contributed by atoms with E-state index in [1.165, 1.54) is 26.4 Å². The van der Waals surface area contributed by atoms with Crippen LogP contribution >= 0.6 is 15.9 Å². The SMILES string of the molecule is COc1ccc(CN2CCCC(CCBr)C2)cc1F. The molecular formula is C15H21BrFNO. The highest BCUT2D eigenvalue weighted by molar-refractivity contribution is 9.09. The quantitative estimate of drug-likeness (QED) is 0.761. The first kappa shape index (κ1) is 14.8. The third-order valence-corrected chi connectivity index (χ3v) is 4.20. The van der Waals surface area contributed by atoms with Gasteiger partial charge in [0.05, 0.1) is 7.11 Å². The van der Waals surface area contributed by atoms with E-state index in [9.17, 15) is 4.39 Å². The molecule has 0 radical (unpaired) electrons. The summed E-state index contributed by atoms with van der Waals surface area (Å²) >= 11 is 3.52. The van der Waals surface area contributed by atoms with E-state index >= 15 is 0 Å². The van der Waals surface area contributed by atoms with E-state index < -0.39 is 0 Å². The van der Waals surface area contributed by atoms with E-state index in [0.717, 1.165) is 36.4 Å². The molecule has 1 aromatic rings. The number of piperidine rings is 1. The Labute approximate surface area is 123 Å². The Hall–Kier alpha value is -0.610. The van der Waals surface area contributed by atoms with Crippen molar-refractivity contribution < 1.29 is 9.13 Å². The van der Waals surface area contributed by atoms with Gasteiger partial charge >= 0.3 is 0 Å². The Morgan fingerprint density at radius 2 is 2.32 bits per heavy atom. The molecule has 1 heterocycles. The molecule has 0 N–H and O–H groups in total. The van der Waals surface area contributed by atoms with Crippen LogP contribution in [0, 0.1) is 11.7 Å². The fourth-order valence-electron chi connectivity index (χ4n) is 2.75. The van der Waals surface area contributed by atoms with Crippen LogP contribution in [-0.2, 0) is 6.54 Å². The summed E-state index contributed by atoms with van der Waals surface area (Å²) in [4.78, 5) is 2.43. The number of likely N-dealkylation sites (tertiary alicyclic amines) is 1. The maximum atomic E-state index is 13.7. The van der Waals surface area contributed by atoms with E-state index in [0.29, 0.717) is 5.75 Å². The first-order valence-electron chi connectivity index (χ1n) is 6.83. The molecule has 4 heteroatoms. The van der Waals surface area contributed by atoms with Crippen molar-refractivity contribution in [3.05, 3.63) is 29.6 Å². The molecule has 0 spiro atoms. The Bertz CT molecular complexity index is 411. The summed E-state index contributed by atoms with van der Waals surface area (Å²) in [5.41, 5.74) is 1.03. The van der Waals surface area contributed by atoms with Crippen LogP contribution in [0.15, 0.2) is 18.2 Å². The van der Waals surface area contributed by atoms with E-state index in [1.54, 1.807) is 12.1 Å². The van der Waals surface area contributed by atoms with Crippen molar-refractivity contribution in [1.82, 2.24) is 4.90 Å². The van der Waals surface area contributed by atoms with Crippen LogP contribution in [0.5, 0.6) is 5.75 Å². The van der Waals surface area contributed by atoms with Gasteiger partial charge in [0.25, 0.3) is 0 Å². The number of alkyl halides is 1. The number of hydrogen-bond acceptors (Lipinski definition) is 2. The van der Waals surface area contributed by atoms with E-state index in [4.69, 9.17) is 4.74 Å². The van der Waals surface area contributed by atoms with Crippen LogP contribution < -0.4 is 4.74 Å². The highest BCUT2D eigenvalue weighted by Crippen LogP contribution is 2.23. The first-order valence-corrected chi connectivity index (χ1v) is 7.96. The second-order valence-electron chi connectivity index (χ2n) is 5.19. The fourth-order valence-corrected chi connectivity index (χ4v) is 3.40. The fraction of sp³-hybridized carbons (Fsp3) is 0.600. The molecule has 1 aliphatic rings. The minimum absolute atomic E-state index is 0.269. The van der Waals surface area contributed by atoms with Gasteiger partial charge in [-0.2, -0.15) is 0 Å². The van der Waals surface area contributed by atoms with Gasteiger partial charge in [0.2, 0.25) is 0 Å². The van der Waals surface area contributed by atoms with E-state index in [2.05, 4.69) is 20.8 Å². The lowest BCUT2D eigenvalue weighted by Gasteiger charge is -2.32. The molecule has 2 nitrogen and oxygen atoms in total. The van der Waals surface area contributed by atoms with Crippen molar-refractivity contribution in [2.75, 3.05) is 25.5 Å². The van der Waals surface area contributed by atoms with Crippen molar-refractivity contribution in [3.63, 3.8) is 0 Å². The minimum Gasteiger partial charge on any atom is -0.494 e. The average Bonchev–Trinajstić information content (AvgIpc) is 2.40. The van der Waals surface area contributed by atoms with E-state index in [1.807, 2.05) is 6.07 Å². The summed E-state index contributed by atoms with van der Waals surface area (Å²) in [5.74, 6) is 0.824. The lowest BCUT2D eigenvalue weighted by Crippen LogP contribution is -2.35. The number of ether oxygens (including phenoxy) is 1. The topological polar surface area (TPSA) is 12.5 Å². The van der Waals surface area contributed by atoms with E-state index in [-0.39, 0.29) is 5.82 Å². The molecule has 0 saturated carbocycles. The number of benzene rings is 1. The minimum atomic E-state index is -0.269. The third kappa shape index (κ3) is 4.18. The van der Waals surface area contributed by atoms with Gasteiger partial charge in [-0.1, -0.05) is 22.0 Å². The Morgan fingerprint density at radius 3 is 3.00 bits per heavy atom. The standard InChI is InChI=1S/C15H21BrFNO/c1-19-15-5-4-13(9-14(15)17)11-18-8-2-3-12(10-18)6-7-16/h4-5,9,12H,2-3,6-8,10-11H2,1H3. The Morgan fingerprint density at radius 1 is 1.47 bits per heavy atom. The van der Waals surface area contributed by atoms with Crippen LogP contribution in [0.1, 0.15) is 24.8 Å².